The first-order chi connectivity index (χ1) is 8.49. The molecule has 5 heteroatoms. The summed E-state index contributed by atoms with van der Waals surface area (Å²) in [5.74, 6) is 0.235. The number of hydrogen-bond acceptors (Lipinski definition) is 4. The van der Waals surface area contributed by atoms with E-state index in [4.69, 9.17) is 4.74 Å². The second-order valence-electron chi connectivity index (χ2n) is 4.52. The number of carbonyl (C=O) groups is 1. The van der Waals surface area contributed by atoms with E-state index in [9.17, 15) is 14.9 Å². The molecule has 0 aliphatic carbocycles. The molecule has 0 aliphatic heterocycles. The highest BCUT2D eigenvalue weighted by Gasteiger charge is 2.07. The molecule has 0 bridgehead atoms. The van der Waals surface area contributed by atoms with Gasteiger partial charge in [0.25, 0.3) is 5.69 Å². The summed E-state index contributed by atoms with van der Waals surface area (Å²) in [4.78, 5) is 21.4. The lowest BCUT2D eigenvalue weighted by Gasteiger charge is -2.06. The predicted molar refractivity (Wildman–Crippen MR) is 67.0 cm³/mol. The van der Waals surface area contributed by atoms with Gasteiger partial charge >= 0.3 is 5.97 Å². The second kappa shape index (κ2) is 6.74. The third-order valence-corrected chi connectivity index (χ3v) is 2.47. The number of benzene rings is 1. The Kier molecular flexibility index (Phi) is 5.30. The molecule has 1 aromatic rings. The van der Waals surface area contributed by atoms with Crippen molar-refractivity contribution in [3.05, 3.63) is 39.9 Å². The molecular weight excluding hydrogens is 234 g/mol. The van der Waals surface area contributed by atoms with Gasteiger partial charge in [-0.3, -0.25) is 14.9 Å². The van der Waals surface area contributed by atoms with Gasteiger partial charge in [-0.2, -0.15) is 0 Å². The van der Waals surface area contributed by atoms with Crippen molar-refractivity contribution in [2.24, 2.45) is 5.92 Å². The molecule has 0 aliphatic rings. The van der Waals surface area contributed by atoms with Crippen LogP contribution in [-0.4, -0.2) is 10.9 Å². The number of esters is 1. The maximum atomic E-state index is 11.4. The minimum Gasteiger partial charge on any atom is -0.461 e. The van der Waals surface area contributed by atoms with Crippen LogP contribution in [0, 0.1) is 16.0 Å². The van der Waals surface area contributed by atoms with Crippen LogP contribution in [0.2, 0.25) is 0 Å². The molecule has 0 atom stereocenters. The van der Waals surface area contributed by atoms with Gasteiger partial charge in [0.2, 0.25) is 0 Å². The molecule has 98 valence electrons. The maximum Gasteiger partial charge on any atom is 0.306 e. The van der Waals surface area contributed by atoms with Gasteiger partial charge in [-0.1, -0.05) is 13.8 Å². The Morgan fingerprint density at radius 1 is 1.33 bits per heavy atom. The molecule has 0 N–H and O–H groups in total. The standard InChI is InChI=1S/C13H17NO4/c1-10(2)3-8-13(15)18-9-11-4-6-12(7-5-11)14(16)17/h4-7,10H,3,8-9H2,1-2H3. The molecule has 0 saturated heterocycles. The van der Waals surface area contributed by atoms with E-state index in [2.05, 4.69) is 0 Å². The Morgan fingerprint density at radius 2 is 1.94 bits per heavy atom. The van der Waals surface area contributed by atoms with Crippen LogP contribution in [0.5, 0.6) is 0 Å². The van der Waals surface area contributed by atoms with Gasteiger partial charge in [-0.25, -0.2) is 0 Å². The van der Waals surface area contributed by atoms with Crippen LogP contribution >= 0.6 is 0 Å². The Balaban J connectivity index is 2.39. The van der Waals surface area contributed by atoms with Gasteiger partial charge in [0.15, 0.2) is 0 Å². The fourth-order valence-electron chi connectivity index (χ4n) is 1.36. The third kappa shape index (κ3) is 4.95. The molecule has 5 nitrogen and oxygen atoms in total. The van der Waals surface area contributed by atoms with Crippen molar-refractivity contribution in [3.8, 4) is 0 Å². The van der Waals surface area contributed by atoms with Crippen LogP contribution in [-0.2, 0) is 16.1 Å². The zero-order chi connectivity index (χ0) is 13.5. The number of ether oxygens (including phenoxy) is 1. The molecule has 18 heavy (non-hydrogen) atoms. The molecule has 0 aromatic heterocycles. The number of non-ortho nitro benzene ring substituents is 1. The van der Waals surface area contributed by atoms with E-state index in [0.29, 0.717) is 12.3 Å². The van der Waals surface area contributed by atoms with E-state index in [0.717, 1.165) is 12.0 Å². The molecule has 0 spiro atoms. The van der Waals surface area contributed by atoms with Crippen molar-refractivity contribution in [3.63, 3.8) is 0 Å². The van der Waals surface area contributed by atoms with E-state index < -0.39 is 4.92 Å². The molecule has 1 aromatic carbocycles. The Bertz CT molecular complexity index is 412. The predicted octanol–water partition coefficient (Wildman–Crippen LogP) is 3.07. The number of hydrogen-bond donors (Lipinski definition) is 0. The van der Waals surface area contributed by atoms with Crippen LogP contribution < -0.4 is 0 Å². The van der Waals surface area contributed by atoms with Gasteiger partial charge in [0, 0.05) is 18.6 Å². The highest BCUT2D eigenvalue weighted by atomic mass is 16.6. The monoisotopic (exact) mass is 251 g/mol. The van der Waals surface area contributed by atoms with Crippen molar-refractivity contribution < 1.29 is 14.5 Å². The first-order valence-electron chi connectivity index (χ1n) is 5.88. The molecule has 0 fully saturated rings. The minimum atomic E-state index is -0.460. The number of rotatable bonds is 6. The molecule has 0 radical (unpaired) electrons. The van der Waals surface area contributed by atoms with E-state index in [1.807, 2.05) is 13.8 Å². The zero-order valence-corrected chi connectivity index (χ0v) is 10.6. The lowest BCUT2D eigenvalue weighted by atomic mass is 10.1. The van der Waals surface area contributed by atoms with Gasteiger partial charge in [-0.05, 0) is 30.0 Å². The Hall–Kier alpha value is -1.91. The fraction of sp³-hybridized carbons (Fsp3) is 0.462. The number of nitrogens with zero attached hydrogens (tertiary/aromatic N) is 1. The highest BCUT2D eigenvalue weighted by molar-refractivity contribution is 5.69. The van der Waals surface area contributed by atoms with Gasteiger partial charge in [-0.15, -0.1) is 0 Å². The van der Waals surface area contributed by atoms with E-state index in [1.165, 1.54) is 12.1 Å². The quantitative estimate of drug-likeness (QED) is 0.442. The molecule has 1 rings (SSSR count). The van der Waals surface area contributed by atoms with Crippen LogP contribution in [0.15, 0.2) is 24.3 Å². The zero-order valence-electron chi connectivity index (χ0n) is 10.6. The topological polar surface area (TPSA) is 69.4 Å². The van der Waals surface area contributed by atoms with Crippen molar-refractivity contribution >= 4 is 11.7 Å². The van der Waals surface area contributed by atoms with Gasteiger partial charge < -0.3 is 4.74 Å². The third-order valence-electron chi connectivity index (χ3n) is 2.47. The van der Waals surface area contributed by atoms with Crippen LogP contribution in [0.25, 0.3) is 0 Å². The first-order valence-corrected chi connectivity index (χ1v) is 5.88. The van der Waals surface area contributed by atoms with Crippen molar-refractivity contribution in [2.75, 3.05) is 0 Å². The lowest BCUT2D eigenvalue weighted by molar-refractivity contribution is -0.384. The smallest absolute Gasteiger partial charge is 0.306 e. The maximum absolute atomic E-state index is 11.4. The van der Waals surface area contributed by atoms with Crippen molar-refractivity contribution in [1.82, 2.24) is 0 Å². The fourth-order valence-corrected chi connectivity index (χ4v) is 1.36. The van der Waals surface area contributed by atoms with Gasteiger partial charge in [0.1, 0.15) is 6.61 Å². The average Bonchev–Trinajstić information content (AvgIpc) is 2.34. The molecular formula is C13H17NO4. The minimum absolute atomic E-state index is 0.0323. The van der Waals surface area contributed by atoms with E-state index >= 15 is 0 Å². The summed E-state index contributed by atoms with van der Waals surface area (Å²) in [6.45, 7) is 4.25. The van der Waals surface area contributed by atoms with Crippen LogP contribution in [0.3, 0.4) is 0 Å². The summed E-state index contributed by atoms with van der Waals surface area (Å²) in [7, 11) is 0. The summed E-state index contributed by atoms with van der Waals surface area (Å²) in [5, 5.41) is 10.4. The SMILES string of the molecule is CC(C)CCC(=O)OCc1ccc([N+](=O)[O-])cc1. The van der Waals surface area contributed by atoms with Crippen LogP contribution in [0.1, 0.15) is 32.3 Å². The average molecular weight is 251 g/mol. The molecule has 0 heterocycles. The van der Waals surface area contributed by atoms with Crippen LogP contribution in [0.4, 0.5) is 5.69 Å². The summed E-state index contributed by atoms with van der Waals surface area (Å²) >= 11 is 0. The largest absolute Gasteiger partial charge is 0.461 e. The van der Waals surface area contributed by atoms with Crippen molar-refractivity contribution in [1.29, 1.82) is 0 Å². The summed E-state index contributed by atoms with van der Waals surface area (Å²) in [5.41, 5.74) is 0.781. The summed E-state index contributed by atoms with van der Waals surface area (Å²) < 4.78 is 5.07. The Labute approximate surface area is 106 Å². The molecule has 0 unspecified atom stereocenters. The summed E-state index contributed by atoms with van der Waals surface area (Å²) in [6, 6.07) is 5.98. The number of carbonyl (C=O) groups excluding carboxylic acids is 1. The Morgan fingerprint density at radius 3 is 2.44 bits per heavy atom. The van der Waals surface area contributed by atoms with E-state index in [1.54, 1.807) is 12.1 Å². The second-order valence-corrected chi connectivity index (χ2v) is 4.52. The molecule has 0 amide bonds. The normalized spacial score (nSPS) is 10.4. The molecule has 0 saturated carbocycles. The van der Waals surface area contributed by atoms with Gasteiger partial charge in [0.05, 0.1) is 4.92 Å². The van der Waals surface area contributed by atoms with Crippen molar-refractivity contribution in [2.45, 2.75) is 33.3 Å². The van der Waals surface area contributed by atoms with E-state index in [-0.39, 0.29) is 18.3 Å². The lowest BCUT2D eigenvalue weighted by Crippen LogP contribution is -2.05. The summed E-state index contributed by atoms with van der Waals surface area (Å²) in [6.07, 6.45) is 1.21. The highest BCUT2D eigenvalue weighted by Crippen LogP contribution is 2.13. The number of nitro benzene ring substituents is 1. The first kappa shape index (κ1) is 14.2. The number of nitro groups is 1.